The van der Waals surface area contributed by atoms with Gasteiger partial charge in [0.05, 0.1) is 5.69 Å². The summed E-state index contributed by atoms with van der Waals surface area (Å²) in [6.45, 7) is 0. The number of hydrogen-bond donors (Lipinski definition) is 2. The highest BCUT2D eigenvalue weighted by molar-refractivity contribution is 9.10. The number of rotatable bonds is 4. The van der Waals surface area contributed by atoms with Crippen molar-refractivity contribution in [3.8, 4) is 0 Å². The molecule has 1 aromatic carbocycles. The molecule has 1 aliphatic rings. The fourth-order valence-electron chi connectivity index (χ4n) is 2.29. The number of hydrazone groups is 1. The maximum atomic E-state index is 12.7. The average molecular weight is 446 g/mol. The van der Waals surface area contributed by atoms with Crippen LogP contribution in [0.4, 0.5) is 5.69 Å². The van der Waals surface area contributed by atoms with Crippen LogP contribution in [0.25, 0.3) is 0 Å². The lowest BCUT2D eigenvalue weighted by molar-refractivity contribution is -0.130. The molecule has 1 atom stereocenters. The van der Waals surface area contributed by atoms with Gasteiger partial charge in [-0.05, 0) is 48.6 Å². The minimum absolute atomic E-state index is 0.0159. The van der Waals surface area contributed by atoms with Crippen molar-refractivity contribution in [3.05, 3.63) is 58.8 Å². The van der Waals surface area contributed by atoms with Crippen molar-refractivity contribution in [2.45, 2.75) is 0 Å². The molecule has 0 radical (unpaired) electrons. The Morgan fingerprint density at radius 3 is 2.56 bits per heavy atom. The monoisotopic (exact) mass is 445 g/mol. The second-order valence-corrected chi connectivity index (χ2v) is 6.68. The summed E-state index contributed by atoms with van der Waals surface area (Å²) in [5.74, 6) is -2.89. The van der Waals surface area contributed by atoms with E-state index in [-0.39, 0.29) is 5.11 Å². The first-order valence-corrected chi connectivity index (χ1v) is 8.85. The molecule has 3 rings (SSSR count). The number of nitrogens with one attached hydrogen (secondary N) is 2. The Bertz CT molecular complexity index is 933. The zero-order chi connectivity index (χ0) is 19.4. The van der Waals surface area contributed by atoms with Gasteiger partial charge in [0.15, 0.2) is 11.0 Å². The van der Waals surface area contributed by atoms with E-state index in [9.17, 15) is 14.4 Å². The molecule has 2 heterocycles. The minimum Gasteiger partial charge on any atom is -0.301 e. The van der Waals surface area contributed by atoms with E-state index in [0.29, 0.717) is 11.3 Å². The lowest BCUT2D eigenvalue weighted by Crippen LogP contribution is -2.58. The predicted molar refractivity (Wildman–Crippen MR) is 106 cm³/mol. The number of anilines is 1. The highest BCUT2D eigenvalue weighted by Gasteiger charge is 2.38. The van der Waals surface area contributed by atoms with Gasteiger partial charge < -0.3 is 5.32 Å². The maximum Gasteiger partial charge on any atom is 0.271 e. The smallest absolute Gasteiger partial charge is 0.271 e. The van der Waals surface area contributed by atoms with Gasteiger partial charge in [-0.15, -0.1) is 0 Å². The molecule has 1 aliphatic heterocycles. The van der Waals surface area contributed by atoms with Gasteiger partial charge in [0.1, 0.15) is 0 Å². The van der Waals surface area contributed by atoms with Crippen LogP contribution in [-0.2, 0) is 9.59 Å². The summed E-state index contributed by atoms with van der Waals surface area (Å²) in [5, 5.41) is 6.19. The van der Waals surface area contributed by atoms with E-state index in [1.54, 1.807) is 24.3 Å². The summed E-state index contributed by atoms with van der Waals surface area (Å²) in [6, 6.07) is 9.89. The van der Waals surface area contributed by atoms with E-state index in [1.807, 2.05) is 0 Å². The van der Waals surface area contributed by atoms with Crippen LogP contribution in [0.15, 0.2) is 58.4 Å². The zero-order valence-corrected chi connectivity index (χ0v) is 16.0. The summed E-state index contributed by atoms with van der Waals surface area (Å²) in [5.41, 5.74) is 3.13. The third kappa shape index (κ3) is 4.23. The normalized spacial score (nSPS) is 17.1. The molecule has 1 aromatic heterocycles. The van der Waals surface area contributed by atoms with Gasteiger partial charge in [0, 0.05) is 28.6 Å². The summed E-state index contributed by atoms with van der Waals surface area (Å²) >= 11 is 8.43. The number of amides is 3. The number of carbonyl (C=O) groups is 3. The third-order valence-corrected chi connectivity index (χ3v) is 4.43. The first-order chi connectivity index (χ1) is 13.0. The molecular weight excluding hydrogens is 434 g/mol. The van der Waals surface area contributed by atoms with E-state index >= 15 is 0 Å². The Labute approximate surface area is 167 Å². The zero-order valence-electron chi connectivity index (χ0n) is 13.6. The number of carbonyl (C=O) groups excluding carboxylic acids is 3. The first-order valence-electron chi connectivity index (χ1n) is 7.65. The van der Waals surface area contributed by atoms with E-state index < -0.39 is 23.6 Å². The molecule has 136 valence electrons. The molecule has 1 fully saturated rings. The van der Waals surface area contributed by atoms with E-state index in [4.69, 9.17) is 12.2 Å². The van der Waals surface area contributed by atoms with Gasteiger partial charge in [0.2, 0.25) is 5.91 Å². The summed E-state index contributed by atoms with van der Waals surface area (Å²) in [4.78, 5) is 41.8. The lowest BCUT2D eigenvalue weighted by Gasteiger charge is -2.30. The maximum absolute atomic E-state index is 12.7. The van der Waals surface area contributed by atoms with Crippen LogP contribution in [0.5, 0.6) is 0 Å². The molecule has 2 aromatic rings. The summed E-state index contributed by atoms with van der Waals surface area (Å²) in [7, 11) is 0. The number of halogens is 1. The standard InChI is InChI=1S/C17H12BrN5O3S/c18-11-1-3-12(4-2-11)23-16(26)13(15(25)21-17(23)27)9-20-22-14(24)10-5-7-19-8-6-10/h1-9,13H,(H,22,24)(H,21,25,27)/b20-9-/t13-/m0/s1. The van der Waals surface area contributed by atoms with Crippen LogP contribution in [-0.4, -0.2) is 34.0 Å². The van der Waals surface area contributed by atoms with Gasteiger partial charge in [-0.2, -0.15) is 5.10 Å². The first kappa shape index (κ1) is 18.8. The topological polar surface area (TPSA) is 104 Å². The highest BCUT2D eigenvalue weighted by Crippen LogP contribution is 2.22. The molecule has 0 bridgehead atoms. The number of benzene rings is 1. The number of hydrogen-bond acceptors (Lipinski definition) is 6. The fourth-order valence-corrected chi connectivity index (χ4v) is 2.86. The van der Waals surface area contributed by atoms with Crippen LogP contribution in [0.3, 0.4) is 0 Å². The Balaban J connectivity index is 1.75. The predicted octanol–water partition coefficient (Wildman–Crippen LogP) is 1.62. The largest absolute Gasteiger partial charge is 0.301 e. The fraction of sp³-hybridized carbons (Fsp3) is 0.0588. The summed E-state index contributed by atoms with van der Waals surface area (Å²) < 4.78 is 0.836. The number of aromatic nitrogens is 1. The van der Waals surface area contributed by atoms with Crippen LogP contribution in [0, 0.1) is 5.92 Å². The van der Waals surface area contributed by atoms with Gasteiger partial charge in [0.25, 0.3) is 11.8 Å². The molecule has 0 saturated carbocycles. The van der Waals surface area contributed by atoms with Crippen molar-refractivity contribution in [3.63, 3.8) is 0 Å². The molecule has 0 spiro atoms. The molecule has 1 saturated heterocycles. The molecule has 10 heteroatoms. The van der Waals surface area contributed by atoms with E-state index in [1.165, 1.54) is 29.4 Å². The molecule has 0 aliphatic carbocycles. The minimum atomic E-state index is -1.22. The Hall–Kier alpha value is -2.98. The van der Waals surface area contributed by atoms with Crippen LogP contribution in [0.1, 0.15) is 10.4 Å². The van der Waals surface area contributed by atoms with E-state index in [2.05, 4.69) is 36.8 Å². The number of pyridine rings is 1. The average Bonchev–Trinajstić information content (AvgIpc) is 2.66. The van der Waals surface area contributed by atoms with Crippen LogP contribution in [0.2, 0.25) is 0 Å². The van der Waals surface area contributed by atoms with Crippen molar-refractivity contribution in [2.75, 3.05) is 4.90 Å². The second-order valence-electron chi connectivity index (χ2n) is 5.38. The Morgan fingerprint density at radius 2 is 1.89 bits per heavy atom. The molecule has 3 amide bonds. The molecule has 2 N–H and O–H groups in total. The van der Waals surface area contributed by atoms with Gasteiger partial charge in [-0.1, -0.05) is 15.9 Å². The van der Waals surface area contributed by atoms with Crippen LogP contribution >= 0.6 is 28.1 Å². The SMILES string of the molecule is O=C(N/N=C\[C@H]1C(=O)NC(=S)N(c2ccc(Br)cc2)C1=O)c1ccncc1. The van der Waals surface area contributed by atoms with Crippen molar-refractivity contribution in [1.29, 1.82) is 0 Å². The second kappa shape index (κ2) is 8.14. The molecule has 0 unspecified atom stereocenters. The molecular formula is C17H12BrN5O3S. The highest BCUT2D eigenvalue weighted by atomic mass is 79.9. The number of nitrogens with zero attached hydrogens (tertiary/aromatic N) is 3. The molecule has 8 nitrogen and oxygen atoms in total. The quantitative estimate of drug-likeness (QED) is 0.322. The molecule has 27 heavy (non-hydrogen) atoms. The Kier molecular flexibility index (Phi) is 5.67. The lowest BCUT2D eigenvalue weighted by atomic mass is 10.1. The van der Waals surface area contributed by atoms with Gasteiger partial charge >= 0.3 is 0 Å². The van der Waals surface area contributed by atoms with Crippen LogP contribution < -0.4 is 15.6 Å². The van der Waals surface area contributed by atoms with Crippen molar-refractivity contribution in [1.82, 2.24) is 15.7 Å². The van der Waals surface area contributed by atoms with Crippen molar-refractivity contribution in [2.24, 2.45) is 11.0 Å². The van der Waals surface area contributed by atoms with Crippen molar-refractivity contribution >= 4 is 62.9 Å². The van der Waals surface area contributed by atoms with E-state index in [0.717, 1.165) is 10.7 Å². The summed E-state index contributed by atoms with van der Waals surface area (Å²) in [6.07, 6.45) is 4.01. The van der Waals surface area contributed by atoms with Crippen molar-refractivity contribution < 1.29 is 14.4 Å². The number of thiocarbonyl (C=S) groups is 1. The Morgan fingerprint density at radius 1 is 1.22 bits per heavy atom. The van der Waals surface area contributed by atoms with Gasteiger partial charge in [-0.3, -0.25) is 24.3 Å². The van der Waals surface area contributed by atoms with Gasteiger partial charge in [-0.25, -0.2) is 5.43 Å². The third-order valence-electron chi connectivity index (χ3n) is 3.62.